The molecular formula is C16H17N3OSn. The molecule has 0 spiro atoms. The summed E-state index contributed by atoms with van der Waals surface area (Å²) in [7, 11) is 1.97. The Kier molecular flexibility index (Phi) is 4.26. The monoisotopic (exact) mass is 387 g/mol. The molecule has 0 amide bonds. The fraction of sp³-hybridized carbons (Fsp3) is 0.250. The second kappa shape index (κ2) is 6.15. The first-order valence-corrected chi connectivity index (χ1v) is 9.99. The summed E-state index contributed by atoms with van der Waals surface area (Å²) in [6.45, 7) is 2.81. The van der Waals surface area contributed by atoms with Crippen LogP contribution < -0.4 is 8.61 Å². The molecular weight excluding hydrogens is 369 g/mol. The summed E-state index contributed by atoms with van der Waals surface area (Å²) in [6.07, 6.45) is 1.65. The van der Waals surface area contributed by atoms with Gasteiger partial charge in [0.05, 0.1) is 0 Å². The Morgan fingerprint density at radius 3 is 2.90 bits per heavy atom. The molecule has 1 aromatic carbocycles. The van der Waals surface area contributed by atoms with E-state index in [2.05, 4.69) is 45.2 Å². The van der Waals surface area contributed by atoms with Gasteiger partial charge in [-0.1, -0.05) is 0 Å². The van der Waals surface area contributed by atoms with Gasteiger partial charge in [-0.15, -0.1) is 0 Å². The van der Waals surface area contributed by atoms with E-state index < -0.39 is 21.1 Å². The number of aliphatic hydroxyl groups is 1. The molecule has 0 unspecified atom stereocenters. The first-order chi connectivity index (χ1) is 10.2. The summed E-state index contributed by atoms with van der Waals surface area (Å²) in [4.78, 5) is 10.9. The Morgan fingerprint density at radius 1 is 1.29 bits per heavy atom. The summed E-state index contributed by atoms with van der Waals surface area (Å²) in [5.41, 5.74) is 4.93. The number of nitrogens with zero attached hydrogens (tertiary/aromatic N) is 3. The fourth-order valence-electron chi connectivity index (χ4n) is 2.53. The number of aryl methyl sites for hydroxylation is 1. The molecule has 1 aromatic heterocycles. The van der Waals surface area contributed by atoms with Gasteiger partial charge >= 0.3 is 135 Å². The van der Waals surface area contributed by atoms with Crippen molar-refractivity contribution in [2.45, 2.75) is 6.92 Å². The zero-order valence-electron chi connectivity index (χ0n) is 12.2. The zero-order valence-corrected chi connectivity index (χ0v) is 15.0. The third kappa shape index (κ3) is 2.82. The Hall–Kier alpha value is -1.40. The Bertz CT molecular complexity index is 700. The number of aromatic nitrogens is 2. The van der Waals surface area contributed by atoms with Gasteiger partial charge in [-0.3, -0.25) is 0 Å². The van der Waals surface area contributed by atoms with Crippen molar-refractivity contribution >= 4 is 36.2 Å². The molecule has 0 fully saturated rings. The quantitative estimate of drug-likeness (QED) is 0.796. The summed E-state index contributed by atoms with van der Waals surface area (Å²) in [6, 6.07) is 8.56. The summed E-state index contributed by atoms with van der Waals surface area (Å²) >= 11 is -0.776. The van der Waals surface area contributed by atoms with Gasteiger partial charge in [0, 0.05) is 0 Å². The average Bonchev–Trinajstić information content (AvgIpc) is 2.91. The van der Waals surface area contributed by atoms with E-state index in [9.17, 15) is 5.11 Å². The summed E-state index contributed by atoms with van der Waals surface area (Å²) < 4.78 is 3.61. The van der Waals surface area contributed by atoms with Crippen LogP contribution in [0.2, 0.25) is 0 Å². The first-order valence-electron chi connectivity index (χ1n) is 6.92. The molecule has 1 aliphatic rings. The number of fused-ring (bicyclic) bond motifs is 1. The van der Waals surface area contributed by atoms with Crippen LogP contribution >= 0.6 is 0 Å². The van der Waals surface area contributed by atoms with Crippen LogP contribution in [-0.4, -0.2) is 56.4 Å². The molecule has 0 aliphatic carbocycles. The Labute approximate surface area is 134 Å². The molecule has 3 rings (SSSR count). The van der Waals surface area contributed by atoms with Crippen LogP contribution in [0.5, 0.6) is 0 Å². The van der Waals surface area contributed by atoms with Gasteiger partial charge in [0.25, 0.3) is 0 Å². The predicted molar refractivity (Wildman–Crippen MR) is 86.0 cm³/mol. The van der Waals surface area contributed by atoms with Crippen LogP contribution in [0, 0.1) is 6.92 Å². The van der Waals surface area contributed by atoms with Gasteiger partial charge in [0.1, 0.15) is 0 Å². The third-order valence-electron chi connectivity index (χ3n) is 3.58. The van der Waals surface area contributed by atoms with Crippen LogP contribution in [0.25, 0.3) is 5.57 Å². The van der Waals surface area contributed by atoms with Crippen LogP contribution in [0.4, 0.5) is 5.82 Å². The van der Waals surface area contributed by atoms with E-state index in [0.717, 1.165) is 5.82 Å². The van der Waals surface area contributed by atoms with E-state index >= 15 is 0 Å². The zero-order chi connectivity index (χ0) is 14.8. The van der Waals surface area contributed by atoms with E-state index in [1.54, 1.807) is 6.33 Å². The second-order valence-electron chi connectivity index (χ2n) is 5.14. The van der Waals surface area contributed by atoms with Gasteiger partial charge in [-0.25, -0.2) is 0 Å². The molecule has 2 radical (unpaired) electrons. The fourth-order valence-corrected chi connectivity index (χ4v) is 5.71. The van der Waals surface area contributed by atoms with E-state index in [4.69, 9.17) is 0 Å². The minimum atomic E-state index is -0.776. The molecule has 0 atom stereocenters. The first kappa shape index (κ1) is 14.5. The minimum absolute atomic E-state index is 0.124. The standard InChI is InChI=1S/C16H17N3O.Sn/c1-12-5-4-6-14(9-12)13(2)15-10-17-11-18-16(15)19(3)7-8-20;/h2,4-6,9,11,20H,7-8H2,1,3H3;. The molecule has 106 valence electrons. The molecule has 0 saturated carbocycles. The molecule has 1 aliphatic heterocycles. The van der Waals surface area contributed by atoms with Gasteiger partial charge in [-0.2, -0.15) is 0 Å². The number of aliphatic hydroxyl groups excluding tert-OH is 1. The van der Waals surface area contributed by atoms with E-state index in [0.29, 0.717) is 6.54 Å². The Balaban J connectivity index is 2.08. The van der Waals surface area contributed by atoms with E-state index in [1.807, 2.05) is 11.9 Å². The van der Waals surface area contributed by atoms with Gasteiger partial charge in [0.2, 0.25) is 0 Å². The molecule has 0 saturated heterocycles. The van der Waals surface area contributed by atoms with Gasteiger partial charge in [-0.05, 0) is 0 Å². The Morgan fingerprint density at radius 2 is 2.14 bits per heavy atom. The van der Waals surface area contributed by atoms with Crippen LogP contribution in [0.15, 0.2) is 34.7 Å². The predicted octanol–water partition coefficient (Wildman–Crippen LogP) is 0.946. The topological polar surface area (TPSA) is 49.2 Å². The van der Waals surface area contributed by atoms with Crippen molar-refractivity contribution in [2.24, 2.45) is 0 Å². The van der Waals surface area contributed by atoms with E-state index in [-0.39, 0.29) is 6.61 Å². The second-order valence-corrected chi connectivity index (χ2v) is 8.14. The summed E-state index contributed by atoms with van der Waals surface area (Å²) in [5, 5.41) is 9.18. The number of rotatable bonds is 4. The van der Waals surface area contributed by atoms with Crippen molar-refractivity contribution in [3.63, 3.8) is 0 Å². The van der Waals surface area contributed by atoms with Crippen molar-refractivity contribution in [2.75, 3.05) is 25.1 Å². The molecule has 2 aromatic rings. The number of anilines is 1. The van der Waals surface area contributed by atoms with Crippen LogP contribution in [0.3, 0.4) is 0 Å². The maximum absolute atomic E-state index is 9.18. The molecule has 4 nitrogen and oxygen atoms in total. The third-order valence-corrected chi connectivity index (χ3v) is 6.67. The van der Waals surface area contributed by atoms with Crippen molar-refractivity contribution in [1.29, 1.82) is 0 Å². The van der Waals surface area contributed by atoms with E-state index in [1.165, 1.54) is 26.0 Å². The number of hydrogen-bond acceptors (Lipinski definition) is 4. The molecule has 21 heavy (non-hydrogen) atoms. The maximum atomic E-state index is 9.18. The number of benzene rings is 1. The SMILES string of the molecule is Cc1cccc(C2=[CH][Sn][c]3ncnc(N(C)CCO)c32)c1. The van der Waals surface area contributed by atoms with Gasteiger partial charge < -0.3 is 0 Å². The van der Waals surface area contributed by atoms with Crippen LogP contribution in [0.1, 0.15) is 16.7 Å². The molecule has 5 heteroatoms. The van der Waals surface area contributed by atoms with Crippen molar-refractivity contribution in [3.05, 3.63) is 51.4 Å². The summed E-state index contributed by atoms with van der Waals surface area (Å²) in [5.74, 6) is 0.931. The molecule has 1 N–H and O–H groups in total. The van der Waals surface area contributed by atoms with Gasteiger partial charge in [0.15, 0.2) is 0 Å². The van der Waals surface area contributed by atoms with Crippen molar-refractivity contribution in [1.82, 2.24) is 9.97 Å². The van der Waals surface area contributed by atoms with Crippen molar-refractivity contribution < 1.29 is 5.11 Å². The molecule has 0 bridgehead atoms. The molecule has 2 heterocycles. The van der Waals surface area contributed by atoms with Crippen LogP contribution in [-0.2, 0) is 0 Å². The number of likely N-dealkylation sites (N-methyl/N-ethyl adjacent to an activating group) is 1. The van der Waals surface area contributed by atoms with Crippen molar-refractivity contribution in [3.8, 4) is 0 Å². The number of hydrogen-bond donors (Lipinski definition) is 1. The normalized spacial score (nSPS) is 13.0. The average molecular weight is 386 g/mol.